The molecule has 1 aromatic heterocycles. The molecular weight excluding hydrogens is 224 g/mol. The molecule has 1 aliphatic heterocycles. The maximum Gasteiger partial charge on any atom is 0.337 e. The van der Waals surface area contributed by atoms with Crippen molar-refractivity contribution in [2.24, 2.45) is 0 Å². The second-order valence-electron chi connectivity index (χ2n) is 3.77. The van der Waals surface area contributed by atoms with Crippen molar-refractivity contribution in [3.05, 3.63) is 23.9 Å². The third-order valence-electron chi connectivity index (χ3n) is 2.58. The van der Waals surface area contributed by atoms with Crippen molar-refractivity contribution in [1.82, 2.24) is 4.98 Å². The Bertz CT molecular complexity index is 361. The summed E-state index contributed by atoms with van der Waals surface area (Å²) in [6.45, 7) is 0. The topological polar surface area (TPSA) is 62.2 Å². The molecule has 0 bridgehead atoms. The van der Waals surface area contributed by atoms with Gasteiger partial charge in [-0.05, 0) is 36.5 Å². The predicted molar refractivity (Wildman–Crippen MR) is 65.2 cm³/mol. The first kappa shape index (κ1) is 11.3. The van der Waals surface area contributed by atoms with Crippen LogP contribution in [0.3, 0.4) is 0 Å². The Hall–Kier alpha value is -1.23. The van der Waals surface area contributed by atoms with E-state index in [0.29, 0.717) is 6.04 Å². The average molecular weight is 238 g/mol. The van der Waals surface area contributed by atoms with Gasteiger partial charge in [0.05, 0.1) is 5.56 Å². The van der Waals surface area contributed by atoms with Crippen LogP contribution in [0.5, 0.6) is 0 Å². The van der Waals surface area contributed by atoms with Crippen LogP contribution in [0.15, 0.2) is 18.3 Å². The van der Waals surface area contributed by atoms with Crippen LogP contribution < -0.4 is 5.32 Å². The lowest BCUT2D eigenvalue weighted by Gasteiger charge is -2.22. The van der Waals surface area contributed by atoms with Gasteiger partial charge in [0.2, 0.25) is 0 Å². The molecule has 0 aliphatic carbocycles. The van der Waals surface area contributed by atoms with Gasteiger partial charge in [-0.2, -0.15) is 11.8 Å². The number of hydrogen-bond acceptors (Lipinski definition) is 4. The Morgan fingerprint density at radius 2 is 2.19 bits per heavy atom. The van der Waals surface area contributed by atoms with E-state index in [0.717, 1.165) is 18.7 Å². The normalized spacial score (nSPS) is 17.0. The minimum absolute atomic E-state index is 0.227. The monoisotopic (exact) mass is 238 g/mol. The highest BCUT2D eigenvalue weighted by molar-refractivity contribution is 7.99. The molecule has 0 unspecified atom stereocenters. The van der Waals surface area contributed by atoms with Crippen molar-refractivity contribution < 1.29 is 9.90 Å². The van der Waals surface area contributed by atoms with E-state index in [2.05, 4.69) is 10.3 Å². The number of carboxylic acid groups (broad SMARTS) is 1. The number of nitrogens with zero attached hydrogens (tertiary/aromatic N) is 1. The molecule has 1 saturated heterocycles. The van der Waals surface area contributed by atoms with E-state index in [1.165, 1.54) is 17.7 Å². The molecule has 1 fully saturated rings. The van der Waals surface area contributed by atoms with Gasteiger partial charge in [0.15, 0.2) is 0 Å². The van der Waals surface area contributed by atoms with E-state index in [1.807, 2.05) is 11.8 Å². The van der Waals surface area contributed by atoms with Crippen molar-refractivity contribution in [3.8, 4) is 0 Å². The fourth-order valence-electron chi connectivity index (χ4n) is 1.66. The van der Waals surface area contributed by atoms with Crippen LogP contribution in [-0.2, 0) is 0 Å². The van der Waals surface area contributed by atoms with Crippen LogP contribution in [0.2, 0.25) is 0 Å². The Morgan fingerprint density at radius 3 is 2.75 bits per heavy atom. The van der Waals surface area contributed by atoms with Crippen molar-refractivity contribution in [3.63, 3.8) is 0 Å². The number of nitrogens with one attached hydrogen (secondary N) is 1. The van der Waals surface area contributed by atoms with Crippen molar-refractivity contribution in [1.29, 1.82) is 0 Å². The largest absolute Gasteiger partial charge is 0.478 e. The molecule has 4 nitrogen and oxygen atoms in total. The quantitative estimate of drug-likeness (QED) is 0.844. The van der Waals surface area contributed by atoms with E-state index in [4.69, 9.17) is 5.11 Å². The third-order valence-corrected chi connectivity index (χ3v) is 3.63. The van der Waals surface area contributed by atoms with Gasteiger partial charge in [0.1, 0.15) is 5.82 Å². The van der Waals surface area contributed by atoms with Crippen LogP contribution in [0, 0.1) is 0 Å². The fourth-order valence-corrected chi connectivity index (χ4v) is 2.76. The van der Waals surface area contributed by atoms with Crippen molar-refractivity contribution in [2.45, 2.75) is 18.9 Å². The summed E-state index contributed by atoms with van der Waals surface area (Å²) in [7, 11) is 0. The maximum absolute atomic E-state index is 10.6. The molecule has 0 amide bonds. The number of hydrogen-bond donors (Lipinski definition) is 2. The first-order chi connectivity index (χ1) is 7.75. The highest BCUT2D eigenvalue weighted by Crippen LogP contribution is 2.20. The van der Waals surface area contributed by atoms with Gasteiger partial charge in [-0.15, -0.1) is 0 Å². The number of aromatic carboxylic acids is 1. The Balaban J connectivity index is 1.96. The van der Waals surface area contributed by atoms with Crippen molar-refractivity contribution in [2.75, 3.05) is 16.8 Å². The number of anilines is 1. The van der Waals surface area contributed by atoms with Gasteiger partial charge in [0, 0.05) is 12.2 Å². The average Bonchev–Trinajstić information content (AvgIpc) is 2.31. The van der Waals surface area contributed by atoms with Crippen LogP contribution in [0.4, 0.5) is 5.82 Å². The van der Waals surface area contributed by atoms with E-state index in [1.54, 1.807) is 12.1 Å². The first-order valence-electron chi connectivity index (χ1n) is 5.29. The zero-order chi connectivity index (χ0) is 11.4. The van der Waals surface area contributed by atoms with Crippen LogP contribution in [0.25, 0.3) is 0 Å². The molecule has 0 atom stereocenters. The number of carboxylic acids is 1. The number of aromatic nitrogens is 1. The molecule has 16 heavy (non-hydrogen) atoms. The molecular formula is C11H14N2O2S. The summed E-state index contributed by atoms with van der Waals surface area (Å²) in [4.78, 5) is 14.7. The molecule has 1 aliphatic rings. The minimum atomic E-state index is -0.937. The third kappa shape index (κ3) is 2.88. The first-order valence-corrected chi connectivity index (χ1v) is 6.45. The molecule has 2 N–H and O–H groups in total. The highest BCUT2D eigenvalue weighted by atomic mass is 32.2. The summed E-state index contributed by atoms with van der Waals surface area (Å²) in [6, 6.07) is 3.78. The predicted octanol–water partition coefficient (Wildman–Crippen LogP) is 2.09. The van der Waals surface area contributed by atoms with Gasteiger partial charge >= 0.3 is 5.97 Å². The summed E-state index contributed by atoms with van der Waals surface area (Å²) >= 11 is 1.98. The Labute approximate surface area is 98.5 Å². The zero-order valence-corrected chi connectivity index (χ0v) is 9.67. The molecule has 0 radical (unpaired) electrons. The Morgan fingerprint density at radius 1 is 1.44 bits per heavy atom. The van der Waals surface area contributed by atoms with E-state index >= 15 is 0 Å². The molecule has 2 heterocycles. The van der Waals surface area contributed by atoms with E-state index < -0.39 is 5.97 Å². The molecule has 2 rings (SSSR count). The lowest BCUT2D eigenvalue weighted by molar-refractivity contribution is 0.0696. The molecule has 5 heteroatoms. The molecule has 0 saturated carbocycles. The second kappa shape index (κ2) is 5.21. The number of rotatable bonds is 3. The van der Waals surface area contributed by atoms with Crippen LogP contribution in [0.1, 0.15) is 23.2 Å². The SMILES string of the molecule is O=C(O)c1ccc(NC2CCSCC2)nc1. The number of pyridine rings is 1. The molecule has 0 aromatic carbocycles. The molecule has 0 spiro atoms. The number of carbonyl (C=O) groups is 1. The van der Waals surface area contributed by atoms with Gasteiger partial charge < -0.3 is 10.4 Å². The smallest absolute Gasteiger partial charge is 0.337 e. The van der Waals surface area contributed by atoms with Gasteiger partial charge in [-0.1, -0.05) is 0 Å². The zero-order valence-electron chi connectivity index (χ0n) is 8.85. The minimum Gasteiger partial charge on any atom is -0.478 e. The Kier molecular flexibility index (Phi) is 3.66. The standard InChI is InChI=1S/C11H14N2O2S/c14-11(15)8-1-2-10(12-7-8)13-9-3-5-16-6-4-9/h1-2,7,9H,3-6H2,(H,12,13)(H,14,15). The van der Waals surface area contributed by atoms with Gasteiger partial charge in [0.25, 0.3) is 0 Å². The lowest BCUT2D eigenvalue weighted by atomic mass is 10.1. The van der Waals surface area contributed by atoms with Crippen LogP contribution in [-0.4, -0.2) is 33.6 Å². The lowest BCUT2D eigenvalue weighted by Crippen LogP contribution is -2.24. The number of thioether (sulfide) groups is 1. The summed E-state index contributed by atoms with van der Waals surface area (Å²) < 4.78 is 0. The van der Waals surface area contributed by atoms with Gasteiger partial charge in [-0.25, -0.2) is 9.78 Å². The maximum atomic E-state index is 10.6. The summed E-state index contributed by atoms with van der Waals surface area (Å²) in [5.41, 5.74) is 0.227. The summed E-state index contributed by atoms with van der Waals surface area (Å²) in [5, 5.41) is 12.1. The highest BCUT2D eigenvalue weighted by Gasteiger charge is 2.13. The second-order valence-corrected chi connectivity index (χ2v) is 4.99. The van der Waals surface area contributed by atoms with Crippen molar-refractivity contribution >= 4 is 23.5 Å². The van der Waals surface area contributed by atoms with E-state index in [9.17, 15) is 4.79 Å². The van der Waals surface area contributed by atoms with E-state index in [-0.39, 0.29) is 5.56 Å². The fraction of sp³-hybridized carbons (Fsp3) is 0.455. The van der Waals surface area contributed by atoms with Gasteiger partial charge in [-0.3, -0.25) is 0 Å². The molecule has 1 aromatic rings. The molecule has 86 valence electrons. The summed E-state index contributed by atoms with van der Waals surface area (Å²) in [5.74, 6) is 2.20. The van der Waals surface area contributed by atoms with Crippen LogP contribution >= 0.6 is 11.8 Å². The summed E-state index contributed by atoms with van der Waals surface area (Å²) in [6.07, 6.45) is 3.68.